The molecule has 0 amide bonds. The van der Waals surface area contributed by atoms with Crippen molar-refractivity contribution in [2.75, 3.05) is 5.75 Å². The summed E-state index contributed by atoms with van der Waals surface area (Å²) in [6.07, 6.45) is 0. The maximum Gasteiger partial charge on any atom is 0.156 e. The molecule has 1 unspecified atom stereocenters. The van der Waals surface area contributed by atoms with E-state index in [0.717, 1.165) is 5.56 Å². The smallest absolute Gasteiger partial charge is 0.156 e. The second kappa shape index (κ2) is 3.92. The minimum atomic E-state index is -2.95. The minimum Gasteiger partial charge on any atom is -0.228 e. The molecular formula is C10H14O2S. The fourth-order valence-electron chi connectivity index (χ4n) is 1.18. The molecule has 0 aliphatic heterocycles. The van der Waals surface area contributed by atoms with Crippen molar-refractivity contribution < 1.29 is 8.42 Å². The maximum atomic E-state index is 11.5. The molecule has 13 heavy (non-hydrogen) atoms. The summed E-state index contributed by atoms with van der Waals surface area (Å²) in [6.45, 7) is 3.41. The molecule has 0 aliphatic rings. The fraction of sp³-hybridized carbons (Fsp3) is 0.400. The molecule has 0 saturated heterocycles. The lowest BCUT2D eigenvalue weighted by Gasteiger charge is -2.10. The van der Waals surface area contributed by atoms with E-state index in [2.05, 4.69) is 0 Å². The summed E-state index contributed by atoms with van der Waals surface area (Å²) in [5.41, 5.74) is 0.865. The van der Waals surface area contributed by atoms with Crippen molar-refractivity contribution in [3.05, 3.63) is 35.9 Å². The van der Waals surface area contributed by atoms with Gasteiger partial charge in [0.1, 0.15) is 0 Å². The number of benzene rings is 1. The zero-order chi connectivity index (χ0) is 9.90. The first kappa shape index (κ1) is 10.3. The molecule has 0 radical (unpaired) electrons. The first-order valence-electron chi connectivity index (χ1n) is 4.34. The molecular weight excluding hydrogens is 184 g/mol. The van der Waals surface area contributed by atoms with Gasteiger partial charge in [0.25, 0.3) is 0 Å². The second-order valence-electron chi connectivity index (χ2n) is 3.00. The average molecular weight is 198 g/mol. The van der Waals surface area contributed by atoms with Crippen LogP contribution in [-0.4, -0.2) is 14.2 Å². The standard InChI is InChI=1S/C10H14O2S/c1-3-13(11,12)9(2)10-7-5-4-6-8-10/h4-9H,3H2,1-2H3. The molecule has 0 fully saturated rings. The molecule has 0 saturated carbocycles. The molecule has 0 heterocycles. The summed E-state index contributed by atoms with van der Waals surface area (Å²) < 4.78 is 23.0. The van der Waals surface area contributed by atoms with Gasteiger partial charge in [0.15, 0.2) is 9.84 Å². The third kappa shape index (κ3) is 2.31. The molecule has 1 aromatic carbocycles. The summed E-state index contributed by atoms with van der Waals surface area (Å²) in [7, 11) is -2.95. The number of rotatable bonds is 3. The van der Waals surface area contributed by atoms with Crippen LogP contribution in [0, 0.1) is 0 Å². The van der Waals surface area contributed by atoms with Gasteiger partial charge in [-0.3, -0.25) is 0 Å². The summed E-state index contributed by atoms with van der Waals surface area (Å²) in [6, 6.07) is 9.29. The van der Waals surface area contributed by atoms with E-state index in [0.29, 0.717) is 0 Å². The Morgan fingerprint density at radius 2 is 1.77 bits per heavy atom. The Hall–Kier alpha value is -0.830. The van der Waals surface area contributed by atoms with Gasteiger partial charge in [0.2, 0.25) is 0 Å². The molecule has 2 nitrogen and oxygen atoms in total. The predicted octanol–water partition coefficient (Wildman–Crippen LogP) is 2.18. The molecule has 0 spiro atoms. The molecule has 1 atom stereocenters. The van der Waals surface area contributed by atoms with Crippen LogP contribution in [0.5, 0.6) is 0 Å². The van der Waals surface area contributed by atoms with Gasteiger partial charge in [0, 0.05) is 5.75 Å². The van der Waals surface area contributed by atoms with Crippen molar-refractivity contribution >= 4 is 9.84 Å². The van der Waals surface area contributed by atoms with Crippen molar-refractivity contribution in [1.29, 1.82) is 0 Å². The summed E-state index contributed by atoms with van der Waals surface area (Å²) >= 11 is 0. The largest absolute Gasteiger partial charge is 0.228 e. The normalized spacial score (nSPS) is 14.0. The van der Waals surface area contributed by atoms with Gasteiger partial charge in [-0.05, 0) is 12.5 Å². The Balaban J connectivity index is 2.99. The molecule has 72 valence electrons. The van der Waals surface area contributed by atoms with Crippen LogP contribution >= 0.6 is 0 Å². The van der Waals surface area contributed by atoms with Gasteiger partial charge in [-0.25, -0.2) is 8.42 Å². The first-order valence-corrected chi connectivity index (χ1v) is 6.06. The third-order valence-corrected chi connectivity index (χ3v) is 4.36. The number of hydrogen-bond acceptors (Lipinski definition) is 2. The molecule has 0 bridgehead atoms. The van der Waals surface area contributed by atoms with E-state index in [1.54, 1.807) is 13.8 Å². The van der Waals surface area contributed by atoms with E-state index in [4.69, 9.17) is 0 Å². The topological polar surface area (TPSA) is 34.1 Å². The zero-order valence-corrected chi connectivity index (χ0v) is 8.71. The molecule has 1 rings (SSSR count). The molecule has 0 aromatic heterocycles. The van der Waals surface area contributed by atoms with Crippen LogP contribution in [0.1, 0.15) is 24.7 Å². The molecule has 0 aliphatic carbocycles. The van der Waals surface area contributed by atoms with Crippen LogP contribution in [-0.2, 0) is 9.84 Å². The lowest BCUT2D eigenvalue weighted by Crippen LogP contribution is -2.12. The highest BCUT2D eigenvalue weighted by atomic mass is 32.2. The van der Waals surface area contributed by atoms with Gasteiger partial charge in [0.05, 0.1) is 5.25 Å². The van der Waals surface area contributed by atoms with Crippen LogP contribution in [0.15, 0.2) is 30.3 Å². The Morgan fingerprint density at radius 1 is 1.23 bits per heavy atom. The van der Waals surface area contributed by atoms with E-state index in [1.807, 2.05) is 30.3 Å². The van der Waals surface area contributed by atoms with Crippen LogP contribution in [0.4, 0.5) is 0 Å². The van der Waals surface area contributed by atoms with Crippen molar-refractivity contribution in [1.82, 2.24) is 0 Å². The van der Waals surface area contributed by atoms with Gasteiger partial charge >= 0.3 is 0 Å². The third-order valence-electron chi connectivity index (χ3n) is 2.21. The van der Waals surface area contributed by atoms with Crippen LogP contribution in [0.25, 0.3) is 0 Å². The molecule has 3 heteroatoms. The fourth-order valence-corrected chi connectivity index (χ4v) is 2.25. The Kier molecular flexibility index (Phi) is 3.09. The second-order valence-corrected chi connectivity index (χ2v) is 5.61. The van der Waals surface area contributed by atoms with E-state index < -0.39 is 15.1 Å². The summed E-state index contributed by atoms with van der Waals surface area (Å²) in [4.78, 5) is 0. The average Bonchev–Trinajstić information content (AvgIpc) is 2.18. The quantitative estimate of drug-likeness (QED) is 0.746. The highest BCUT2D eigenvalue weighted by Gasteiger charge is 2.19. The van der Waals surface area contributed by atoms with Crippen molar-refractivity contribution in [3.8, 4) is 0 Å². The van der Waals surface area contributed by atoms with Gasteiger partial charge in [-0.2, -0.15) is 0 Å². The lowest BCUT2D eigenvalue weighted by molar-refractivity contribution is 0.587. The Morgan fingerprint density at radius 3 is 2.23 bits per heavy atom. The Labute approximate surface area is 79.5 Å². The predicted molar refractivity (Wildman–Crippen MR) is 54.3 cm³/mol. The minimum absolute atomic E-state index is 0.197. The maximum absolute atomic E-state index is 11.5. The van der Waals surface area contributed by atoms with Crippen molar-refractivity contribution in [3.63, 3.8) is 0 Å². The highest BCUT2D eigenvalue weighted by Crippen LogP contribution is 2.21. The summed E-state index contributed by atoms with van der Waals surface area (Å²) in [5.74, 6) is 0.197. The lowest BCUT2D eigenvalue weighted by atomic mass is 10.2. The van der Waals surface area contributed by atoms with E-state index in [1.165, 1.54) is 0 Å². The monoisotopic (exact) mass is 198 g/mol. The van der Waals surface area contributed by atoms with E-state index in [9.17, 15) is 8.42 Å². The number of hydrogen-bond donors (Lipinski definition) is 0. The van der Waals surface area contributed by atoms with Gasteiger partial charge in [-0.1, -0.05) is 37.3 Å². The van der Waals surface area contributed by atoms with Crippen LogP contribution in [0.2, 0.25) is 0 Å². The highest BCUT2D eigenvalue weighted by molar-refractivity contribution is 7.91. The SMILES string of the molecule is CCS(=O)(=O)C(C)c1ccccc1. The Bertz CT molecular complexity index is 354. The first-order chi connectivity index (χ1) is 6.08. The van der Waals surface area contributed by atoms with Crippen molar-refractivity contribution in [2.24, 2.45) is 0 Å². The number of sulfone groups is 1. The zero-order valence-electron chi connectivity index (χ0n) is 7.90. The molecule has 1 aromatic rings. The van der Waals surface area contributed by atoms with E-state index in [-0.39, 0.29) is 5.75 Å². The molecule has 0 N–H and O–H groups in total. The van der Waals surface area contributed by atoms with Crippen LogP contribution in [0.3, 0.4) is 0 Å². The van der Waals surface area contributed by atoms with Crippen LogP contribution < -0.4 is 0 Å². The van der Waals surface area contributed by atoms with E-state index >= 15 is 0 Å². The van der Waals surface area contributed by atoms with Crippen molar-refractivity contribution in [2.45, 2.75) is 19.1 Å². The van der Waals surface area contributed by atoms with Gasteiger partial charge in [-0.15, -0.1) is 0 Å². The van der Waals surface area contributed by atoms with Gasteiger partial charge < -0.3 is 0 Å². The summed E-state index contributed by atoms with van der Waals surface area (Å²) in [5, 5.41) is -0.390.